The van der Waals surface area contributed by atoms with Crippen molar-refractivity contribution in [2.75, 3.05) is 18.0 Å². The Bertz CT molecular complexity index is 579. The van der Waals surface area contributed by atoms with Gasteiger partial charge < -0.3 is 16.0 Å². The molecule has 1 fully saturated rings. The Kier molecular flexibility index (Phi) is 5.65. The van der Waals surface area contributed by atoms with Crippen LogP contribution in [0.5, 0.6) is 0 Å². The van der Waals surface area contributed by atoms with Crippen molar-refractivity contribution in [1.29, 1.82) is 0 Å². The molecule has 23 heavy (non-hydrogen) atoms. The molecule has 1 heterocycles. The minimum Gasteiger partial charge on any atom is -0.344 e. The average molecular weight is 338 g/mol. The Morgan fingerprint density at radius 3 is 2.70 bits per heavy atom. The molecule has 5 nitrogen and oxygen atoms in total. The zero-order chi connectivity index (χ0) is 17.0. The smallest absolute Gasteiger partial charge is 0.249 e. The normalized spacial score (nSPS) is 18.3. The number of halogens is 1. The first-order chi connectivity index (χ1) is 11.0. The van der Waals surface area contributed by atoms with E-state index in [2.05, 4.69) is 5.32 Å². The SMILES string of the molecule is CCC(CC)(CN)C(=O)NC1CCN(c2cccc(Cl)c2)C1=O. The lowest BCUT2D eigenvalue weighted by Gasteiger charge is -2.29. The van der Waals surface area contributed by atoms with Crippen LogP contribution < -0.4 is 16.0 Å². The van der Waals surface area contributed by atoms with E-state index in [1.807, 2.05) is 26.0 Å². The highest BCUT2D eigenvalue weighted by atomic mass is 35.5. The number of carbonyl (C=O) groups is 2. The van der Waals surface area contributed by atoms with E-state index in [0.29, 0.717) is 30.8 Å². The van der Waals surface area contributed by atoms with Crippen molar-refractivity contribution in [3.05, 3.63) is 29.3 Å². The van der Waals surface area contributed by atoms with E-state index >= 15 is 0 Å². The van der Waals surface area contributed by atoms with E-state index in [9.17, 15) is 9.59 Å². The van der Waals surface area contributed by atoms with E-state index in [4.69, 9.17) is 17.3 Å². The molecule has 1 atom stereocenters. The third-order valence-electron chi connectivity index (χ3n) is 4.86. The fourth-order valence-electron chi connectivity index (χ4n) is 2.98. The summed E-state index contributed by atoms with van der Waals surface area (Å²) in [4.78, 5) is 26.8. The largest absolute Gasteiger partial charge is 0.344 e. The topological polar surface area (TPSA) is 75.4 Å². The number of hydrogen-bond donors (Lipinski definition) is 2. The molecule has 2 amide bonds. The van der Waals surface area contributed by atoms with Crippen LogP contribution in [0.2, 0.25) is 5.02 Å². The third kappa shape index (κ3) is 3.51. The lowest BCUT2D eigenvalue weighted by Crippen LogP contribution is -2.51. The fraction of sp³-hybridized carbons (Fsp3) is 0.529. The van der Waals surface area contributed by atoms with Gasteiger partial charge in [0.15, 0.2) is 0 Å². The van der Waals surface area contributed by atoms with Crippen LogP contribution in [0.1, 0.15) is 33.1 Å². The van der Waals surface area contributed by atoms with Gasteiger partial charge in [-0.1, -0.05) is 31.5 Å². The number of amides is 2. The molecule has 0 radical (unpaired) electrons. The Morgan fingerprint density at radius 2 is 2.13 bits per heavy atom. The van der Waals surface area contributed by atoms with Gasteiger partial charge in [0.1, 0.15) is 6.04 Å². The maximum absolute atomic E-state index is 12.6. The first-order valence-corrected chi connectivity index (χ1v) is 8.43. The number of hydrogen-bond acceptors (Lipinski definition) is 3. The summed E-state index contributed by atoms with van der Waals surface area (Å²) < 4.78 is 0. The van der Waals surface area contributed by atoms with Crippen molar-refractivity contribution in [2.24, 2.45) is 11.1 Å². The van der Waals surface area contributed by atoms with Crippen molar-refractivity contribution in [1.82, 2.24) is 5.32 Å². The van der Waals surface area contributed by atoms with Crippen LogP contribution in [0, 0.1) is 5.41 Å². The van der Waals surface area contributed by atoms with Crippen molar-refractivity contribution in [3.8, 4) is 0 Å². The lowest BCUT2D eigenvalue weighted by molar-refractivity contribution is -0.134. The molecule has 0 spiro atoms. The summed E-state index contributed by atoms with van der Waals surface area (Å²) in [5, 5.41) is 3.48. The molecular weight excluding hydrogens is 314 g/mol. The van der Waals surface area contributed by atoms with Gasteiger partial charge >= 0.3 is 0 Å². The number of anilines is 1. The Morgan fingerprint density at radius 1 is 1.43 bits per heavy atom. The summed E-state index contributed by atoms with van der Waals surface area (Å²) in [6.45, 7) is 4.75. The third-order valence-corrected chi connectivity index (χ3v) is 5.09. The van der Waals surface area contributed by atoms with Crippen LogP contribution in [0.15, 0.2) is 24.3 Å². The van der Waals surface area contributed by atoms with Gasteiger partial charge in [0.05, 0.1) is 5.41 Å². The number of nitrogens with zero attached hydrogens (tertiary/aromatic N) is 1. The predicted octanol–water partition coefficient (Wildman–Crippen LogP) is 2.33. The standard InChI is InChI=1S/C17H24ClN3O2/c1-3-17(4-2,11-19)16(23)20-14-8-9-21(15(14)22)13-7-5-6-12(18)10-13/h5-7,10,14H,3-4,8-9,11,19H2,1-2H3,(H,20,23). The van der Waals surface area contributed by atoms with Crippen LogP contribution in [-0.4, -0.2) is 30.9 Å². The van der Waals surface area contributed by atoms with Gasteiger partial charge in [0, 0.05) is 23.8 Å². The van der Waals surface area contributed by atoms with Crippen LogP contribution in [0.25, 0.3) is 0 Å². The summed E-state index contributed by atoms with van der Waals surface area (Å²) in [7, 11) is 0. The highest BCUT2D eigenvalue weighted by Gasteiger charge is 2.39. The monoisotopic (exact) mass is 337 g/mol. The zero-order valence-corrected chi connectivity index (χ0v) is 14.4. The second-order valence-corrected chi connectivity index (χ2v) is 6.41. The minimum absolute atomic E-state index is 0.0984. The molecule has 1 saturated heterocycles. The molecule has 0 aliphatic carbocycles. The van der Waals surface area contributed by atoms with Gasteiger partial charge in [-0.15, -0.1) is 0 Å². The molecule has 1 aliphatic rings. The molecular formula is C17H24ClN3O2. The van der Waals surface area contributed by atoms with E-state index in [1.54, 1.807) is 17.0 Å². The summed E-state index contributed by atoms with van der Waals surface area (Å²) in [6, 6.07) is 6.68. The summed E-state index contributed by atoms with van der Waals surface area (Å²) >= 11 is 5.99. The van der Waals surface area contributed by atoms with E-state index in [-0.39, 0.29) is 18.4 Å². The quantitative estimate of drug-likeness (QED) is 0.836. The zero-order valence-electron chi connectivity index (χ0n) is 13.6. The van der Waals surface area contributed by atoms with Gasteiger partial charge in [0.2, 0.25) is 11.8 Å². The Hall–Kier alpha value is -1.59. The molecule has 1 aromatic rings. The van der Waals surface area contributed by atoms with Gasteiger partial charge in [-0.05, 0) is 37.5 Å². The highest BCUT2D eigenvalue weighted by Crippen LogP contribution is 2.28. The predicted molar refractivity (Wildman–Crippen MR) is 92.4 cm³/mol. The summed E-state index contributed by atoms with van der Waals surface area (Å²) in [5.74, 6) is -0.227. The molecule has 1 aliphatic heterocycles. The second kappa shape index (κ2) is 7.32. The van der Waals surface area contributed by atoms with E-state index in [1.165, 1.54) is 0 Å². The molecule has 3 N–H and O–H groups in total. The van der Waals surface area contributed by atoms with Gasteiger partial charge in [-0.25, -0.2) is 0 Å². The van der Waals surface area contributed by atoms with Crippen LogP contribution in [-0.2, 0) is 9.59 Å². The first-order valence-electron chi connectivity index (χ1n) is 8.05. The van der Waals surface area contributed by atoms with Gasteiger partial charge in [-0.3, -0.25) is 9.59 Å². The van der Waals surface area contributed by atoms with Crippen LogP contribution in [0.3, 0.4) is 0 Å². The first kappa shape index (κ1) is 17.8. The summed E-state index contributed by atoms with van der Waals surface area (Å²) in [5.41, 5.74) is 5.97. The number of rotatable bonds is 6. The summed E-state index contributed by atoms with van der Waals surface area (Å²) in [6.07, 6.45) is 1.90. The highest BCUT2D eigenvalue weighted by molar-refractivity contribution is 6.31. The Balaban J connectivity index is 2.09. The molecule has 2 rings (SSSR count). The molecule has 1 aromatic carbocycles. The molecule has 0 bridgehead atoms. The van der Waals surface area contributed by atoms with E-state index in [0.717, 1.165) is 5.69 Å². The lowest BCUT2D eigenvalue weighted by atomic mass is 9.81. The molecule has 0 saturated carbocycles. The van der Waals surface area contributed by atoms with Gasteiger partial charge in [0.25, 0.3) is 0 Å². The number of carbonyl (C=O) groups excluding carboxylic acids is 2. The minimum atomic E-state index is -0.593. The van der Waals surface area contributed by atoms with Crippen LogP contribution >= 0.6 is 11.6 Å². The van der Waals surface area contributed by atoms with Crippen molar-refractivity contribution in [3.63, 3.8) is 0 Å². The van der Waals surface area contributed by atoms with Crippen molar-refractivity contribution >= 4 is 29.1 Å². The number of benzene rings is 1. The molecule has 0 aromatic heterocycles. The van der Waals surface area contributed by atoms with Crippen LogP contribution in [0.4, 0.5) is 5.69 Å². The van der Waals surface area contributed by atoms with Gasteiger partial charge in [-0.2, -0.15) is 0 Å². The van der Waals surface area contributed by atoms with Crippen molar-refractivity contribution in [2.45, 2.75) is 39.2 Å². The number of nitrogens with one attached hydrogen (secondary N) is 1. The average Bonchev–Trinajstić information content (AvgIpc) is 2.91. The van der Waals surface area contributed by atoms with E-state index < -0.39 is 11.5 Å². The maximum atomic E-state index is 12.6. The second-order valence-electron chi connectivity index (χ2n) is 5.98. The molecule has 126 valence electrons. The van der Waals surface area contributed by atoms with Crippen molar-refractivity contribution < 1.29 is 9.59 Å². The maximum Gasteiger partial charge on any atom is 0.249 e. The molecule has 6 heteroatoms. The number of nitrogens with two attached hydrogens (primary N) is 1. The fourth-order valence-corrected chi connectivity index (χ4v) is 3.16. The molecule has 1 unspecified atom stereocenters. The Labute approximate surface area is 142 Å².